The summed E-state index contributed by atoms with van der Waals surface area (Å²) in [6, 6.07) is 106. The van der Waals surface area contributed by atoms with Crippen LogP contribution in [0.3, 0.4) is 0 Å². The SMILES string of the molecule is Cc1ccc2c(c1)c1cc(C)ccc1n2-c1ccc(-c2nc(-c3ccccc3)nc(-c3ccccc3)n2)cc1-c1nc(-c2ccccc2)cc(-c2ccc(-c3ccc(N4c5ccccc5B5c6ccccc6N(c6ccccc6)c6cccc4c65)cc3)cc2)n1. The van der Waals surface area contributed by atoms with Crippen LogP contribution in [0.1, 0.15) is 11.1 Å². The van der Waals surface area contributed by atoms with Gasteiger partial charge in [0.2, 0.25) is 0 Å². The molecule has 12 aromatic carbocycles. The molecule has 15 aromatic rings. The van der Waals surface area contributed by atoms with Crippen molar-refractivity contribution in [2.45, 2.75) is 13.8 Å². The Kier molecular flexibility index (Phi) is 12.6. The predicted octanol–water partition coefficient (Wildman–Crippen LogP) is 18.1. The molecule has 0 amide bonds. The van der Waals surface area contributed by atoms with Crippen LogP contribution in [-0.4, -0.2) is 36.2 Å². The number of rotatable bonds is 10. The highest BCUT2D eigenvalue weighted by Crippen LogP contribution is 2.45. The van der Waals surface area contributed by atoms with Gasteiger partial charge in [-0.3, -0.25) is 0 Å². The third-order valence-corrected chi connectivity index (χ3v) is 17.8. The first-order valence-electron chi connectivity index (χ1n) is 30.6. The molecule has 9 heteroatoms. The summed E-state index contributed by atoms with van der Waals surface area (Å²) in [5, 5.41) is 2.37. The van der Waals surface area contributed by atoms with Gasteiger partial charge in [-0.15, -0.1) is 0 Å². The van der Waals surface area contributed by atoms with E-state index < -0.39 is 0 Å². The van der Waals surface area contributed by atoms with Gasteiger partial charge in [-0.05, 0) is 138 Å². The zero-order valence-electron chi connectivity index (χ0n) is 49.4. The Morgan fingerprint density at radius 2 is 0.689 bits per heavy atom. The molecule has 0 spiro atoms. The van der Waals surface area contributed by atoms with Crippen molar-refractivity contribution >= 4 is 79.0 Å². The van der Waals surface area contributed by atoms with Gasteiger partial charge < -0.3 is 14.4 Å². The van der Waals surface area contributed by atoms with Gasteiger partial charge in [0.25, 0.3) is 6.71 Å². The first-order chi connectivity index (χ1) is 44.4. The average Bonchev–Trinajstić information content (AvgIpc) is 0.756. The third kappa shape index (κ3) is 8.97. The van der Waals surface area contributed by atoms with Crippen LogP contribution in [0.2, 0.25) is 0 Å². The van der Waals surface area contributed by atoms with Gasteiger partial charge in [-0.2, -0.15) is 0 Å². The van der Waals surface area contributed by atoms with E-state index in [1.807, 2.05) is 66.7 Å². The summed E-state index contributed by atoms with van der Waals surface area (Å²) in [4.78, 5) is 31.5. The molecule has 5 heterocycles. The first kappa shape index (κ1) is 52.5. The van der Waals surface area contributed by atoms with Crippen LogP contribution in [0.25, 0.3) is 107 Å². The van der Waals surface area contributed by atoms with Crippen LogP contribution in [-0.2, 0) is 0 Å². The zero-order valence-corrected chi connectivity index (χ0v) is 49.4. The van der Waals surface area contributed by atoms with Gasteiger partial charge in [0.15, 0.2) is 23.3 Å². The van der Waals surface area contributed by atoms with Crippen molar-refractivity contribution in [1.29, 1.82) is 0 Å². The van der Waals surface area contributed by atoms with Crippen LogP contribution in [0.5, 0.6) is 0 Å². The van der Waals surface area contributed by atoms with E-state index in [9.17, 15) is 0 Å². The Labute approximate surface area is 522 Å². The molecule has 0 N–H and O–H groups in total. The molecule has 2 aliphatic heterocycles. The average molecular weight is 1150 g/mol. The molecule has 0 fully saturated rings. The molecule has 17 rings (SSSR count). The fraction of sp³-hybridized carbons (Fsp3) is 0.0247. The summed E-state index contributed by atoms with van der Waals surface area (Å²) in [6.07, 6.45) is 0. The predicted molar refractivity (Wildman–Crippen MR) is 371 cm³/mol. The second kappa shape index (κ2) is 21.6. The number of nitrogens with zero attached hydrogens (tertiary/aromatic N) is 8. The quantitative estimate of drug-likeness (QED) is 0.126. The Hall–Kier alpha value is -11.8. The van der Waals surface area contributed by atoms with Gasteiger partial charge in [0.05, 0.1) is 28.1 Å². The van der Waals surface area contributed by atoms with Crippen molar-refractivity contribution in [3.63, 3.8) is 0 Å². The molecule has 0 saturated heterocycles. The molecular formula is C81H55BN8. The van der Waals surface area contributed by atoms with E-state index in [1.54, 1.807) is 0 Å². The monoisotopic (exact) mass is 1150 g/mol. The van der Waals surface area contributed by atoms with E-state index in [0.717, 1.165) is 84.0 Å². The van der Waals surface area contributed by atoms with Crippen LogP contribution < -0.4 is 26.2 Å². The number of benzene rings is 12. The molecule has 2 aliphatic rings. The summed E-state index contributed by atoms with van der Waals surface area (Å²) < 4.78 is 2.37. The highest BCUT2D eigenvalue weighted by molar-refractivity contribution is 7.00. The Balaban J connectivity index is 0.786. The lowest BCUT2D eigenvalue weighted by Gasteiger charge is -2.44. The molecule has 0 unspecified atom stereocenters. The third-order valence-electron chi connectivity index (χ3n) is 17.8. The number of aromatic nitrogens is 6. The fourth-order valence-corrected chi connectivity index (χ4v) is 13.6. The number of fused-ring (bicyclic) bond motifs is 7. The number of para-hydroxylation sites is 3. The summed E-state index contributed by atoms with van der Waals surface area (Å²) >= 11 is 0. The van der Waals surface area contributed by atoms with Gasteiger partial charge in [-0.25, -0.2) is 24.9 Å². The smallest absolute Gasteiger partial charge is 0.252 e. The highest BCUT2D eigenvalue weighted by Gasteiger charge is 2.43. The molecule has 0 atom stereocenters. The van der Waals surface area contributed by atoms with Crippen LogP contribution in [0.4, 0.5) is 34.1 Å². The number of aryl methyl sites for hydroxylation is 2. The van der Waals surface area contributed by atoms with Crippen molar-refractivity contribution in [1.82, 2.24) is 29.5 Å². The van der Waals surface area contributed by atoms with Crippen molar-refractivity contribution in [3.05, 3.63) is 308 Å². The Morgan fingerprint density at radius 1 is 0.278 bits per heavy atom. The van der Waals surface area contributed by atoms with Gasteiger partial charge in [-0.1, -0.05) is 211 Å². The van der Waals surface area contributed by atoms with E-state index in [-0.39, 0.29) is 6.71 Å². The largest absolute Gasteiger partial charge is 0.311 e. The van der Waals surface area contributed by atoms with E-state index in [4.69, 9.17) is 24.9 Å². The second-order valence-electron chi connectivity index (χ2n) is 23.4. The van der Waals surface area contributed by atoms with Crippen LogP contribution in [0, 0.1) is 13.8 Å². The minimum atomic E-state index is 0.0810. The van der Waals surface area contributed by atoms with E-state index >= 15 is 0 Å². The summed E-state index contributed by atoms with van der Waals surface area (Å²) in [5.41, 5.74) is 25.6. The van der Waals surface area contributed by atoms with Crippen molar-refractivity contribution < 1.29 is 0 Å². The minimum Gasteiger partial charge on any atom is -0.311 e. The summed E-state index contributed by atoms with van der Waals surface area (Å²) in [7, 11) is 0. The van der Waals surface area contributed by atoms with Crippen molar-refractivity contribution in [3.8, 4) is 84.9 Å². The zero-order chi connectivity index (χ0) is 59.8. The van der Waals surface area contributed by atoms with Crippen LogP contribution >= 0.6 is 0 Å². The lowest BCUT2D eigenvalue weighted by atomic mass is 9.33. The normalized spacial score (nSPS) is 12.3. The Bertz CT molecular complexity index is 5150. The molecule has 0 saturated carbocycles. The highest BCUT2D eigenvalue weighted by atomic mass is 15.2. The minimum absolute atomic E-state index is 0.0810. The summed E-state index contributed by atoms with van der Waals surface area (Å²) in [6.45, 7) is 4.40. The van der Waals surface area contributed by atoms with Gasteiger partial charge in [0.1, 0.15) is 0 Å². The second-order valence-corrected chi connectivity index (χ2v) is 23.4. The summed E-state index contributed by atoms with van der Waals surface area (Å²) in [5.74, 6) is 2.29. The van der Waals surface area contributed by atoms with Crippen molar-refractivity contribution in [2.75, 3.05) is 9.80 Å². The van der Waals surface area contributed by atoms with Gasteiger partial charge >= 0.3 is 0 Å². The fourth-order valence-electron chi connectivity index (χ4n) is 13.6. The van der Waals surface area contributed by atoms with Crippen LogP contribution in [0.15, 0.2) is 297 Å². The molecule has 422 valence electrons. The lowest BCUT2D eigenvalue weighted by molar-refractivity contribution is 1.07. The maximum atomic E-state index is 5.60. The lowest BCUT2D eigenvalue weighted by Crippen LogP contribution is -2.61. The molecule has 3 aromatic heterocycles. The van der Waals surface area contributed by atoms with E-state index in [2.05, 4.69) is 259 Å². The Morgan fingerprint density at radius 3 is 1.22 bits per heavy atom. The molecule has 8 nitrogen and oxygen atoms in total. The topological polar surface area (TPSA) is 75.9 Å². The maximum absolute atomic E-state index is 5.60. The number of hydrogen-bond donors (Lipinski definition) is 0. The number of hydrogen-bond acceptors (Lipinski definition) is 7. The molecule has 0 aliphatic carbocycles. The molecule has 0 bridgehead atoms. The number of anilines is 6. The van der Waals surface area contributed by atoms with E-state index in [0.29, 0.717) is 23.3 Å². The van der Waals surface area contributed by atoms with E-state index in [1.165, 1.54) is 61.0 Å². The molecule has 90 heavy (non-hydrogen) atoms. The molecule has 0 radical (unpaired) electrons. The molecular weight excluding hydrogens is 1100 g/mol. The first-order valence-corrected chi connectivity index (χ1v) is 30.6. The standard InChI is InChI=1S/C81H55BN8/c1-52-34-45-70-63(48-52)64-49-53(2)35-46-71(64)90(70)72-47-42-60(80-86-78(58-22-9-4-10-23-58)85-79(87-80)59-24-11-5-12-25-59)50-65(72)81-83-68(56-20-7-3-8-21-56)51-69(84-81)57-38-36-54(37-39-57)55-40-43-62(44-41-55)89-74-31-18-16-29-67(74)82-66-28-15-17-30-73(66)88(61-26-13-6-14-27-61)75-32-19-33-76(89)77(75)82/h3-51H,1-2H3. The van der Waals surface area contributed by atoms with Gasteiger partial charge in [0, 0.05) is 78.3 Å². The van der Waals surface area contributed by atoms with Crippen molar-refractivity contribution in [2.24, 2.45) is 0 Å². The maximum Gasteiger partial charge on any atom is 0.252 e.